The van der Waals surface area contributed by atoms with E-state index in [2.05, 4.69) is 21.2 Å². The quantitative estimate of drug-likeness (QED) is 0.878. The third-order valence-corrected chi connectivity index (χ3v) is 3.56. The number of rotatable bonds is 4. The minimum absolute atomic E-state index is 0.224. The van der Waals surface area contributed by atoms with Crippen molar-refractivity contribution >= 4 is 27.6 Å². The van der Waals surface area contributed by atoms with Crippen molar-refractivity contribution in [2.75, 3.05) is 5.32 Å². The molecule has 0 fully saturated rings. The molecule has 2 rings (SSSR count). The fourth-order valence-corrected chi connectivity index (χ4v) is 2.38. The molecule has 0 amide bonds. The standard InChI is InChI=1S/C15H13BrFNO2/c1-9-4-12(17)7-13(5-9)18-8-11-3-2-10(15(19)20)6-14(11)16/h2-7,18H,8H2,1H3,(H,19,20). The van der Waals surface area contributed by atoms with Gasteiger partial charge in [-0.3, -0.25) is 0 Å². The highest BCUT2D eigenvalue weighted by atomic mass is 79.9. The number of carbonyl (C=O) groups is 1. The van der Waals surface area contributed by atoms with Gasteiger partial charge in [-0.1, -0.05) is 22.0 Å². The Bertz CT molecular complexity index is 638. The number of benzene rings is 2. The average molecular weight is 338 g/mol. The van der Waals surface area contributed by atoms with Gasteiger partial charge in [0, 0.05) is 16.7 Å². The van der Waals surface area contributed by atoms with E-state index in [0.29, 0.717) is 16.7 Å². The minimum atomic E-state index is -0.967. The summed E-state index contributed by atoms with van der Waals surface area (Å²) in [5.41, 5.74) is 2.66. The minimum Gasteiger partial charge on any atom is -0.478 e. The van der Waals surface area contributed by atoms with Crippen molar-refractivity contribution in [3.63, 3.8) is 0 Å². The number of hydrogen-bond donors (Lipinski definition) is 2. The molecular formula is C15H13BrFNO2. The normalized spacial score (nSPS) is 10.3. The zero-order valence-corrected chi connectivity index (χ0v) is 12.4. The molecule has 0 spiro atoms. The summed E-state index contributed by atoms with van der Waals surface area (Å²) in [5.74, 6) is -1.25. The molecule has 0 aliphatic carbocycles. The van der Waals surface area contributed by atoms with Gasteiger partial charge < -0.3 is 10.4 Å². The van der Waals surface area contributed by atoms with E-state index in [9.17, 15) is 9.18 Å². The lowest BCUT2D eigenvalue weighted by atomic mass is 10.1. The molecule has 0 unspecified atom stereocenters. The molecule has 0 bridgehead atoms. The van der Waals surface area contributed by atoms with Gasteiger partial charge in [-0.2, -0.15) is 0 Å². The van der Waals surface area contributed by atoms with Gasteiger partial charge in [-0.25, -0.2) is 9.18 Å². The SMILES string of the molecule is Cc1cc(F)cc(NCc2ccc(C(=O)O)cc2Br)c1. The van der Waals surface area contributed by atoms with E-state index in [1.165, 1.54) is 12.1 Å². The van der Waals surface area contributed by atoms with Gasteiger partial charge >= 0.3 is 5.97 Å². The second kappa shape index (κ2) is 6.05. The van der Waals surface area contributed by atoms with Crippen molar-refractivity contribution in [3.8, 4) is 0 Å². The number of nitrogens with one attached hydrogen (secondary N) is 1. The summed E-state index contributed by atoms with van der Waals surface area (Å²) in [6.45, 7) is 2.30. The number of anilines is 1. The van der Waals surface area contributed by atoms with Crippen LogP contribution in [-0.4, -0.2) is 11.1 Å². The first-order valence-electron chi connectivity index (χ1n) is 5.98. The second-order valence-corrected chi connectivity index (χ2v) is 5.34. The summed E-state index contributed by atoms with van der Waals surface area (Å²) in [6.07, 6.45) is 0. The zero-order valence-electron chi connectivity index (χ0n) is 10.8. The Balaban J connectivity index is 2.12. The Morgan fingerprint density at radius 3 is 2.65 bits per heavy atom. The molecule has 20 heavy (non-hydrogen) atoms. The van der Waals surface area contributed by atoms with Crippen molar-refractivity contribution < 1.29 is 14.3 Å². The largest absolute Gasteiger partial charge is 0.478 e. The van der Waals surface area contributed by atoms with E-state index < -0.39 is 5.97 Å². The fraction of sp³-hybridized carbons (Fsp3) is 0.133. The van der Waals surface area contributed by atoms with Crippen LogP contribution in [0, 0.1) is 12.7 Å². The average Bonchev–Trinajstić information content (AvgIpc) is 2.36. The molecule has 104 valence electrons. The molecule has 0 saturated carbocycles. The first-order valence-corrected chi connectivity index (χ1v) is 6.78. The van der Waals surface area contributed by atoms with E-state index >= 15 is 0 Å². The number of aryl methyl sites for hydroxylation is 1. The summed E-state index contributed by atoms with van der Waals surface area (Å²) >= 11 is 3.34. The van der Waals surface area contributed by atoms with Crippen LogP contribution in [0.1, 0.15) is 21.5 Å². The van der Waals surface area contributed by atoms with Gasteiger partial charge in [0.2, 0.25) is 0 Å². The third kappa shape index (κ3) is 3.57. The van der Waals surface area contributed by atoms with Crippen molar-refractivity contribution in [2.24, 2.45) is 0 Å². The van der Waals surface area contributed by atoms with Crippen LogP contribution in [0.3, 0.4) is 0 Å². The Kier molecular flexibility index (Phi) is 4.39. The molecule has 2 aromatic carbocycles. The van der Waals surface area contributed by atoms with Crippen LogP contribution in [-0.2, 0) is 6.54 Å². The van der Waals surface area contributed by atoms with Crippen LogP contribution >= 0.6 is 15.9 Å². The molecule has 0 atom stereocenters. The summed E-state index contributed by atoms with van der Waals surface area (Å²) < 4.78 is 14.0. The van der Waals surface area contributed by atoms with Crippen molar-refractivity contribution in [2.45, 2.75) is 13.5 Å². The highest BCUT2D eigenvalue weighted by molar-refractivity contribution is 9.10. The summed E-state index contributed by atoms with van der Waals surface area (Å²) in [7, 11) is 0. The van der Waals surface area contributed by atoms with Gasteiger partial charge in [-0.05, 0) is 48.4 Å². The number of halogens is 2. The topological polar surface area (TPSA) is 49.3 Å². The summed E-state index contributed by atoms with van der Waals surface area (Å²) in [4.78, 5) is 10.8. The molecule has 5 heteroatoms. The Morgan fingerprint density at radius 2 is 2.05 bits per heavy atom. The first kappa shape index (κ1) is 14.5. The lowest BCUT2D eigenvalue weighted by molar-refractivity contribution is 0.0697. The molecule has 0 heterocycles. The molecule has 2 aromatic rings. The Labute approximate surface area is 124 Å². The molecule has 0 saturated heterocycles. The third-order valence-electron chi connectivity index (χ3n) is 2.83. The Morgan fingerprint density at radius 1 is 1.30 bits per heavy atom. The zero-order chi connectivity index (χ0) is 14.7. The lowest BCUT2D eigenvalue weighted by Gasteiger charge is -2.10. The summed E-state index contributed by atoms with van der Waals surface area (Å²) in [5, 5.41) is 12.0. The highest BCUT2D eigenvalue weighted by Gasteiger charge is 2.07. The molecule has 3 nitrogen and oxygen atoms in total. The van der Waals surface area contributed by atoms with E-state index in [0.717, 1.165) is 11.1 Å². The predicted molar refractivity (Wildman–Crippen MR) is 79.6 cm³/mol. The van der Waals surface area contributed by atoms with Gasteiger partial charge in [0.25, 0.3) is 0 Å². The van der Waals surface area contributed by atoms with Gasteiger partial charge in [-0.15, -0.1) is 0 Å². The number of aromatic carboxylic acids is 1. The van der Waals surface area contributed by atoms with Crippen LogP contribution in [0.4, 0.5) is 10.1 Å². The van der Waals surface area contributed by atoms with Crippen LogP contribution in [0.25, 0.3) is 0 Å². The van der Waals surface area contributed by atoms with E-state index in [-0.39, 0.29) is 11.4 Å². The number of carboxylic acid groups (broad SMARTS) is 1. The number of hydrogen-bond acceptors (Lipinski definition) is 2. The smallest absolute Gasteiger partial charge is 0.335 e. The van der Waals surface area contributed by atoms with Gasteiger partial charge in [0.1, 0.15) is 5.82 Å². The van der Waals surface area contributed by atoms with Gasteiger partial charge in [0.15, 0.2) is 0 Å². The monoisotopic (exact) mass is 337 g/mol. The van der Waals surface area contributed by atoms with E-state index in [1.807, 2.05) is 13.0 Å². The van der Waals surface area contributed by atoms with Crippen LogP contribution in [0.5, 0.6) is 0 Å². The van der Waals surface area contributed by atoms with E-state index in [4.69, 9.17) is 5.11 Å². The Hall–Kier alpha value is -1.88. The van der Waals surface area contributed by atoms with Crippen LogP contribution < -0.4 is 5.32 Å². The molecule has 0 aromatic heterocycles. The second-order valence-electron chi connectivity index (χ2n) is 4.48. The maximum Gasteiger partial charge on any atom is 0.335 e. The maximum atomic E-state index is 13.3. The molecule has 0 aliphatic rings. The van der Waals surface area contributed by atoms with Crippen molar-refractivity contribution in [1.29, 1.82) is 0 Å². The van der Waals surface area contributed by atoms with Crippen LogP contribution in [0.15, 0.2) is 40.9 Å². The van der Waals surface area contributed by atoms with Gasteiger partial charge in [0.05, 0.1) is 5.56 Å². The first-order chi connectivity index (χ1) is 9.45. The fourth-order valence-electron chi connectivity index (χ4n) is 1.86. The summed E-state index contributed by atoms with van der Waals surface area (Å²) in [6, 6.07) is 9.56. The molecule has 0 aliphatic heterocycles. The highest BCUT2D eigenvalue weighted by Crippen LogP contribution is 2.21. The predicted octanol–water partition coefficient (Wildman–Crippen LogP) is 4.21. The molecule has 0 radical (unpaired) electrons. The van der Waals surface area contributed by atoms with E-state index in [1.54, 1.807) is 18.2 Å². The molecule has 2 N–H and O–H groups in total. The van der Waals surface area contributed by atoms with Crippen molar-refractivity contribution in [3.05, 3.63) is 63.4 Å². The van der Waals surface area contributed by atoms with Crippen LogP contribution in [0.2, 0.25) is 0 Å². The maximum absolute atomic E-state index is 13.3. The number of carboxylic acids is 1. The molecular weight excluding hydrogens is 325 g/mol. The lowest BCUT2D eigenvalue weighted by Crippen LogP contribution is -2.03. The van der Waals surface area contributed by atoms with Crippen molar-refractivity contribution in [1.82, 2.24) is 0 Å².